The predicted molar refractivity (Wildman–Crippen MR) is 39.3 cm³/mol. The Morgan fingerprint density at radius 1 is 1.22 bits per heavy atom. The summed E-state index contributed by atoms with van der Waals surface area (Å²) in [6.45, 7) is 6.00. The molecular formula is C7H16NO-. The van der Waals surface area contributed by atoms with Crippen LogP contribution in [0.25, 0.3) is 0 Å². The fraction of sp³-hybridized carbons (Fsp3) is 0.857. The molecule has 0 aromatic heterocycles. The van der Waals surface area contributed by atoms with E-state index in [-0.39, 0.29) is 7.43 Å². The molecule has 1 fully saturated rings. The Morgan fingerprint density at radius 3 is 1.89 bits per heavy atom. The molecule has 0 bridgehead atoms. The van der Waals surface area contributed by atoms with Crippen LogP contribution in [0.5, 0.6) is 0 Å². The lowest BCUT2D eigenvalue weighted by atomic mass is 10.2. The standard InChI is InChI=1S/C6H13NO.CH3/c1-5-3-8-4-6(2)7-5;/h5-7H,3-4H2,1-2H3;1H3/q;-1. The summed E-state index contributed by atoms with van der Waals surface area (Å²) in [6.07, 6.45) is 0. The topological polar surface area (TPSA) is 21.3 Å². The van der Waals surface area contributed by atoms with Crippen LogP contribution in [0.2, 0.25) is 0 Å². The van der Waals surface area contributed by atoms with Gasteiger partial charge in [-0.25, -0.2) is 0 Å². The Balaban J connectivity index is 0.000000640. The molecule has 0 aromatic rings. The summed E-state index contributed by atoms with van der Waals surface area (Å²) >= 11 is 0. The van der Waals surface area contributed by atoms with E-state index in [4.69, 9.17) is 4.74 Å². The lowest BCUT2D eigenvalue weighted by molar-refractivity contribution is 0.0560. The van der Waals surface area contributed by atoms with E-state index in [1.54, 1.807) is 0 Å². The van der Waals surface area contributed by atoms with Gasteiger partial charge in [0.2, 0.25) is 0 Å². The highest BCUT2D eigenvalue weighted by Crippen LogP contribution is 1.96. The van der Waals surface area contributed by atoms with Gasteiger partial charge in [0.1, 0.15) is 0 Å². The SMILES string of the molecule is CC1COCC(C)N1.[CH3-]. The van der Waals surface area contributed by atoms with Crippen molar-refractivity contribution in [2.45, 2.75) is 25.9 Å². The van der Waals surface area contributed by atoms with Crippen molar-refractivity contribution < 1.29 is 4.74 Å². The van der Waals surface area contributed by atoms with Gasteiger partial charge in [-0.2, -0.15) is 0 Å². The molecule has 0 saturated carbocycles. The zero-order valence-corrected chi connectivity index (χ0v) is 6.48. The Morgan fingerprint density at radius 2 is 1.67 bits per heavy atom. The molecule has 2 nitrogen and oxygen atoms in total. The molecule has 1 saturated heterocycles. The molecule has 9 heavy (non-hydrogen) atoms. The summed E-state index contributed by atoms with van der Waals surface area (Å²) in [6, 6.07) is 1.08. The summed E-state index contributed by atoms with van der Waals surface area (Å²) in [5.41, 5.74) is 0. The molecule has 0 aliphatic carbocycles. The first kappa shape index (κ1) is 8.92. The normalized spacial score (nSPS) is 35.3. The second-order valence-electron chi connectivity index (χ2n) is 2.51. The largest absolute Gasteiger partial charge is 0.378 e. The Kier molecular flexibility index (Phi) is 3.82. The highest BCUT2D eigenvalue weighted by molar-refractivity contribution is 4.70. The van der Waals surface area contributed by atoms with E-state index in [2.05, 4.69) is 19.2 Å². The Labute approximate surface area is 57.6 Å². The van der Waals surface area contributed by atoms with Crippen LogP contribution in [0.4, 0.5) is 0 Å². The zero-order chi connectivity index (χ0) is 5.98. The maximum absolute atomic E-state index is 5.23. The zero-order valence-electron chi connectivity index (χ0n) is 6.48. The van der Waals surface area contributed by atoms with Crippen molar-refractivity contribution in [2.75, 3.05) is 13.2 Å². The van der Waals surface area contributed by atoms with Gasteiger partial charge in [0, 0.05) is 12.1 Å². The van der Waals surface area contributed by atoms with Gasteiger partial charge in [0.05, 0.1) is 13.2 Å². The van der Waals surface area contributed by atoms with E-state index < -0.39 is 0 Å². The predicted octanol–water partition coefficient (Wildman–Crippen LogP) is 0.833. The third-order valence-corrected chi connectivity index (χ3v) is 1.30. The van der Waals surface area contributed by atoms with Crippen molar-refractivity contribution in [3.8, 4) is 0 Å². The number of rotatable bonds is 0. The van der Waals surface area contributed by atoms with Crippen molar-refractivity contribution in [2.24, 2.45) is 0 Å². The quantitative estimate of drug-likeness (QED) is 0.490. The summed E-state index contributed by atoms with van der Waals surface area (Å²) in [5, 5.41) is 3.35. The van der Waals surface area contributed by atoms with Crippen molar-refractivity contribution in [1.29, 1.82) is 0 Å². The second kappa shape index (κ2) is 3.85. The lowest BCUT2D eigenvalue weighted by Crippen LogP contribution is -2.45. The van der Waals surface area contributed by atoms with E-state index in [1.807, 2.05) is 0 Å². The molecule has 0 spiro atoms. The fourth-order valence-corrected chi connectivity index (χ4v) is 1.00. The van der Waals surface area contributed by atoms with Gasteiger partial charge in [-0.15, -0.1) is 0 Å². The van der Waals surface area contributed by atoms with Gasteiger partial charge in [0.25, 0.3) is 0 Å². The second-order valence-corrected chi connectivity index (χ2v) is 2.51. The molecule has 2 atom stereocenters. The molecule has 0 amide bonds. The molecule has 1 aliphatic rings. The van der Waals surface area contributed by atoms with E-state index in [9.17, 15) is 0 Å². The lowest BCUT2D eigenvalue weighted by Gasteiger charge is -2.25. The minimum Gasteiger partial charge on any atom is -0.378 e. The molecule has 1 rings (SSSR count). The van der Waals surface area contributed by atoms with Gasteiger partial charge < -0.3 is 17.5 Å². The first-order chi connectivity index (χ1) is 3.79. The monoisotopic (exact) mass is 130 g/mol. The summed E-state index contributed by atoms with van der Waals surface area (Å²) in [4.78, 5) is 0. The van der Waals surface area contributed by atoms with Gasteiger partial charge >= 0.3 is 0 Å². The fourth-order valence-electron chi connectivity index (χ4n) is 1.00. The van der Waals surface area contributed by atoms with Crippen LogP contribution in [-0.2, 0) is 4.74 Å². The number of nitrogens with one attached hydrogen (secondary N) is 1. The summed E-state index contributed by atoms with van der Waals surface area (Å²) in [7, 11) is 0. The maximum Gasteiger partial charge on any atom is 0.0617 e. The van der Waals surface area contributed by atoms with Crippen LogP contribution in [-0.4, -0.2) is 25.3 Å². The highest BCUT2D eigenvalue weighted by Gasteiger charge is 2.12. The van der Waals surface area contributed by atoms with Crippen LogP contribution in [0.3, 0.4) is 0 Å². The molecule has 1 heterocycles. The smallest absolute Gasteiger partial charge is 0.0617 e. The molecule has 56 valence electrons. The van der Waals surface area contributed by atoms with Crippen molar-refractivity contribution in [3.05, 3.63) is 7.43 Å². The minimum atomic E-state index is 0. The van der Waals surface area contributed by atoms with Crippen molar-refractivity contribution in [3.63, 3.8) is 0 Å². The van der Waals surface area contributed by atoms with Gasteiger partial charge in [-0.05, 0) is 13.8 Å². The van der Waals surface area contributed by atoms with Gasteiger partial charge in [0.15, 0.2) is 0 Å². The third-order valence-electron chi connectivity index (χ3n) is 1.30. The van der Waals surface area contributed by atoms with Crippen LogP contribution in [0, 0.1) is 7.43 Å². The van der Waals surface area contributed by atoms with Gasteiger partial charge in [-0.1, -0.05) is 0 Å². The molecule has 0 radical (unpaired) electrons. The van der Waals surface area contributed by atoms with E-state index in [0.717, 1.165) is 13.2 Å². The molecular weight excluding hydrogens is 114 g/mol. The van der Waals surface area contributed by atoms with E-state index in [1.165, 1.54) is 0 Å². The first-order valence-electron chi connectivity index (χ1n) is 3.13. The van der Waals surface area contributed by atoms with Crippen LogP contribution < -0.4 is 5.32 Å². The number of hydrogen-bond donors (Lipinski definition) is 1. The van der Waals surface area contributed by atoms with Crippen LogP contribution in [0.1, 0.15) is 13.8 Å². The summed E-state index contributed by atoms with van der Waals surface area (Å²) in [5.74, 6) is 0. The van der Waals surface area contributed by atoms with Crippen LogP contribution >= 0.6 is 0 Å². The number of morpholine rings is 1. The third kappa shape index (κ3) is 2.82. The molecule has 1 aliphatic heterocycles. The highest BCUT2D eigenvalue weighted by atomic mass is 16.5. The molecule has 2 heteroatoms. The van der Waals surface area contributed by atoms with Gasteiger partial charge in [-0.3, -0.25) is 0 Å². The first-order valence-corrected chi connectivity index (χ1v) is 3.13. The minimum absolute atomic E-state index is 0. The number of hydrogen-bond acceptors (Lipinski definition) is 2. The molecule has 1 N–H and O–H groups in total. The Bertz CT molecular complexity index is 67.3. The van der Waals surface area contributed by atoms with Crippen molar-refractivity contribution in [1.82, 2.24) is 5.32 Å². The average molecular weight is 130 g/mol. The molecule has 0 aromatic carbocycles. The Hall–Kier alpha value is -0.0800. The number of ether oxygens (including phenoxy) is 1. The van der Waals surface area contributed by atoms with Crippen LogP contribution in [0.15, 0.2) is 0 Å². The maximum atomic E-state index is 5.23. The van der Waals surface area contributed by atoms with E-state index in [0.29, 0.717) is 12.1 Å². The average Bonchev–Trinajstić information content (AvgIpc) is 1.64. The summed E-state index contributed by atoms with van der Waals surface area (Å²) < 4.78 is 5.23. The van der Waals surface area contributed by atoms with E-state index >= 15 is 0 Å². The van der Waals surface area contributed by atoms with Crippen molar-refractivity contribution >= 4 is 0 Å². The molecule has 2 unspecified atom stereocenters.